The fourth-order valence-corrected chi connectivity index (χ4v) is 3.37. The molecule has 0 amide bonds. The van der Waals surface area contributed by atoms with E-state index in [2.05, 4.69) is 24.9 Å². The second-order valence-corrected chi connectivity index (χ2v) is 8.03. The van der Waals surface area contributed by atoms with Crippen LogP contribution < -0.4 is 19.8 Å². The van der Waals surface area contributed by atoms with Crippen LogP contribution in [-0.4, -0.2) is 38.6 Å². The molecule has 4 aromatic rings. The monoisotopic (exact) mass is 533 g/mol. The van der Waals surface area contributed by atoms with E-state index in [-0.39, 0.29) is 30.1 Å². The summed E-state index contributed by atoms with van der Waals surface area (Å²) in [5.41, 5.74) is 0.462. The molecule has 9 nitrogen and oxygen atoms in total. The number of H-pyrrole nitrogens is 1. The summed E-state index contributed by atoms with van der Waals surface area (Å²) in [5, 5.41) is -0.507. The highest BCUT2D eigenvalue weighted by Gasteiger charge is 2.35. The predicted octanol–water partition coefficient (Wildman–Crippen LogP) is 4.64. The van der Waals surface area contributed by atoms with Gasteiger partial charge in [-0.25, -0.2) is 19.9 Å². The van der Waals surface area contributed by atoms with Crippen molar-refractivity contribution in [3.8, 4) is 23.7 Å². The minimum Gasteiger partial charge on any atom is -0.467 e. The van der Waals surface area contributed by atoms with Crippen LogP contribution in [0.2, 0.25) is 5.02 Å². The largest absolute Gasteiger partial charge is 0.467 e. The molecule has 0 radical (unpaired) electrons. The summed E-state index contributed by atoms with van der Waals surface area (Å²) in [6, 6.07) is 9.30. The van der Waals surface area contributed by atoms with Gasteiger partial charge in [0.2, 0.25) is 5.88 Å². The molecule has 0 saturated heterocycles. The number of pyridine rings is 1. The lowest BCUT2D eigenvalue weighted by molar-refractivity contribution is -0.141. The number of halogens is 4. The van der Waals surface area contributed by atoms with Gasteiger partial charge in [-0.1, -0.05) is 23.7 Å². The first-order chi connectivity index (χ1) is 17.7. The molecule has 0 aliphatic rings. The van der Waals surface area contributed by atoms with Crippen LogP contribution in [0.3, 0.4) is 0 Å². The Hall–Kier alpha value is -4.19. The molecule has 3 aromatic heterocycles. The molecular formula is C24H19ClF3N5O4. The maximum Gasteiger partial charge on any atom is 0.434 e. The summed E-state index contributed by atoms with van der Waals surface area (Å²) in [6.45, 7) is 0.225. The van der Waals surface area contributed by atoms with Crippen LogP contribution in [0.1, 0.15) is 22.4 Å². The van der Waals surface area contributed by atoms with Crippen molar-refractivity contribution in [1.82, 2.24) is 24.9 Å². The van der Waals surface area contributed by atoms with E-state index in [1.165, 1.54) is 19.4 Å². The van der Waals surface area contributed by atoms with Crippen molar-refractivity contribution in [2.24, 2.45) is 0 Å². The number of benzene rings is 1. The highest BCUT2D eigenvalue weighted by atomic mass is 35.5. The van der Waals surface area contributed by atoms with Gasteiger partial charge in [-0.05, 0) is 29.3 Å². The summed E-state index contributed by atoms with van der Waals surface area (Å²) < 4.78 is 54.8. The number of methoxy groups -OCH3 is 1. The van der Waals surface area contributed by atoms with Crippen LogP contribution in [0.5, 0.6) is 23.7 Å². The van der Waals surface area contributed by atoms with Crippen molar-refractivity contribution in [2.45, 2.75) is 19.0 Å². The summed E-state index contributed by atoms with van der Waals surface area (Å²) in [5.74, 6) is 0.0715. The Morgan fingerprint density at radius 2 is 1.70 bits per heavy atom. The lowest BCUT2D eigenvalue weighted by Crippen LogP contribution is -2.16. The fourth-order valence-electron chi connectivity index (χ4n) is 3.15. The number of rotatable bonds is 9. The molecule has 1 aromatic carbocycles. The zero-order chi connectivity index (χ0) is 26.4. The molecule has 0 fully saturated rings. The van der Waals surface area contributed by atoms with Crippen LogP contribution in [0.4, 0.5) is 13.2 Å². The Morgan fingerprint density at radius 1 is 0.973 bits per heavy atom. The second-order valence-electron chi connectivity index (χ2n) is 7.62. The molecule has 0 atom stereocenters. The van der Waals surface area contributed by atoms with Gasteiger partial charge in [0, 0.05) is 43.1 Å². The molecular weight excluding hydrogens is 515 g/mol. The molecule has 192 valence electrons. The third-order valence-corrected chi connectivity index (χ3v) is 5.28. The van der Waals surface area contributed by atoms with E-state index in [9.17, 15) is 18.0 Å². The van der Waals surface area contributed by atoms with Gasteiger partial charge in [-0.2, -0.15) is 13.2 Å². The standard InChI is InChI=1S/C24H19ClF3N5O4/c1-35-22-29-11-15(12-30-22)10-16-13-31-23(33-21(16)34)36-9-8-14-2-4-17(5-3-14)37-19-7-6-18(25)20(32-19)24(26,27)28/h2-7,11-13H,8-10H2,1H3,(H,31,33,34). The molecule has 3 heterocycles. The van der Waals surface area contributed by atoms with Gasteiger partial charge in [0.05, 0.1) is 18.7 Å². The van der Waals surface area contributed by atoms with E-state index >= 15 is 0 Å². The molecule has 1 N–H and O–H groups in total. The number of hydrogen-bond acceptors (Lipinski definition) is 8. The predicted molar refractivity (Wildman–Crippen MR) is 126 cm³/mol. The summed E-state index contributed by atoms with van der Waals surface area (Å²) >= 11 is 5.57. The third-order valence-electron chi connectivity index (χ3n) is 4.97. The smallest absolute Gasteiger partial charge is 0.434 e. The SMILES string of the molecule is COc1ncc(Cc2cnc(OCCc3ccc(Oc4ccc(Cl)c(C(F)(F)F)n4)cc3)[nH]c2=O)cn1. The van der Waals surface area contributed by atoms with Crippen molar-refractivity contribution >= 4 is 11.6 Å². The van der Waals surface area contributed by atoms with Gasteiger partial charge in [0.15, 0.2) is 5.69 Å². The maximum absolute atomic E-state index is 13.0. The fraction of sp³-hybridized carbons (Fsp3) is 0.208. The second kappa shape index (κ2) is 11.2. The highest BCUT2D eigenvalue weighted by molar-refractivity contribution is 6.31. The number of aromatic nitrogens is 5. The van der Waals surface area contributed by atoms with Gasteiger partial charge in [0.25, 0.3) is 11.6 Å². The first-order valence-corrected chi connectivity index (χ1v) is 11.2. The quantitative estimate of drug-likeness (QED) is 0.331. The van der Waals surface area contributed by atoms with Crippen molar-refractivity contribution in [2.75, 3.05) is 13.7 Å². The average Bonchev–Trinajstić information content (AvgIpc) is 2.87. The van der Waals surface area contributed by atoms with Crippen molar-refractivity contribution in [1.29, 1.82) is 0 Å². The molecule has 0 bridgehead atoms. The van der Waals surface area contributed by atoms with Gasteiger partial charge in [-0.15, -0.1) is 0 Å². The summed E-state index contributed by atoms with van der Waals surface area (Å²) in [7, 11) is 1.46. The Bertz CT molecular complexity index is 1410. The minimum atomic E-state index is -4.69. The Kier molecular flexibility index (Phi) is 7.87. The molecule has 4 rings (SSSR count). The van der Waals surface area contributed by atoms with Crippen LogP contribution in [0.25, 0.3) is 0 Å². The highest BCUT2D eigenvalue weighted by Crippen LogP contribution is 2.35. The number of hydrogen-bond donors (Lipinski definition) is 1. The number of nitrogens with one attached hydrogen (secondary N) is 1. The Balaban J connectivity index is 1.30. The minimum absolute atomic E-state index is 0.0777. The third kappa shape index (κ3) is 6.94. The lowest BCUT2D eigenvalue weighted by atomic mass is 10.1. The van der Waals surface area contributed by atoms with Crippen LogP contribution in [-0.2, 0) is 19.0 Å². The van der Waals surface area contributed by atoms with E-state index in [1.807, 2.05) is 0 Å². The zero-order valence-electron chi connectivity index (χ0n) is 19.3. The molecule has 0 saturated carbocycles. The first-order valence-electron chi connectivity index (χ1n) is 10.8. The van der Waals surface area contributed by atoms with E-state index in [0.29, 0.717) is 24.2 Å². The van der Waals surface area contributed by atoms with E-state index in [4.69, 9.17) is 25.8 Å². The zero-order valence-corrected chi connectivity index (χ0v) is 20.0. The average molecular weight is 534 g/mol. The number of aromatic amines is 1. The normalized spacial score (nSPS) is 11.3. The van der Waals surface area contributed by atoms with E-state index < -0.39 is 16.9 Å². The maximum atomic E-state index is 13.0. The molecule has 0 unspecified atom stereocenters. The van der Waals surface area contributed by atoms with E-state index in [0.717, 1.165) is 17.2 Å². The van der Waals surface area contributed by atoms with Gasteiger partial charge < -0.3 is 14.2 Å². The molecule has 37 heavy (non-hydrogen) atoms. The van der Waals surface area contributed by atoms with Crippen LogP contribution in [0.15, 0.2) is 59.8 Å². The summed E-state index contributed by atoms with van der Waals surface area (Å²) in [6.07, 6.45) is 0.650. The molecule has 0 aliphatic carbocycles. The van der Waals surface area contributed by atoms with E-state index in [1.54, 1.807) is 36.7 Å². The number of alkyl halides is 3. The van der Waals surface area contributed by atoms with Crippen molar-refractivity contribution in [3.63, 3.8) is 0 Å². The summed E-state index contributed by atoms with van der Waals surface area (Å²) in [4.78, 5) is 30.5. The first kappa shape index (κ1) is 25.9. The number of nitrogens with zero attached hydrogens (tertiary/aromatic N) is 4. The van der Waals surface area contributed by atoms with Gasteiger partial charge in [-0.3, -0.25) is 9.78 Å². The van der Waals surface area contributed by atoms with Gasteiger partial charge in [0.1, 0.15) is 5.75 Å². The molecule has 0 aliphatic heterocycles. The lowest BCUT2D eigenvalue weighted by Gasteiger charge is -2.11. The molecule has 0 spiro atoms. The Labute approximate surface area is 213 Å². The topological polar surface area (TPSA) is 112 Å². The molecule has 13 heteroatoms. The van der Waals surface area contributed by atoms with Crippen LogP contribution >= 0.6 is 11.6 Å². The van der Waals surface area contributed by atoms with Crippen molar-refractivity contribution < 1.29 is 27.4 Å². The van der Waals surface area contributed by atoms with Crippen LogP contribution in [0, 0.1) is 0 Å². The van der Waals surface area contributed by atoms with Crippen molar-refractivity contribution in [3.05, 3.63) is 92.7 Å². The van der Waals surface area contributed by atoms with Gasteiger partial charge >= 0.3 is 12.2 Å². The number of ether oxygens (including phenoxy) is 3. The Morgan fingerprint density at radius 3 is 2.35 bits per heavy atom.